The van der Waals surface area contributed by atoms with Crippen LogP contribution >= 0.6 is 0 Å². The van der Waals surface area contributed by atoms with Crippen LogP contribution in [0.2, 0.25) is 0 Å². The second-order valence-electron chi connectivity index (χ2n) is 6.09. The van der Waals surface area contributed by atoms with E-state index >= 15 is 0 Å². The average molecular weight is 299 g/mol. The van der Waals surface area contributed by atoms with Gasteiger partial charge in [-0.15, -0.1) is 0 Å². The van der Waals surface area contributed by atoms with Crippen molar-refractivity contribution in [2.75, 3.05) is 13.1 Å². The molecule has 0 radical (unpaired) electrons. The molecule has 1 unspecified atom stereocenters. The van der Waals surface area contributed by atoms with Crippen molar-refractivity contribution in [1.82, 2.24) is 15.0 Å². The average Bonchev–Trinajstić information content (AvgIpc) is 2.96. The molecule has 0 N–H and O–H groups in total. The van der Waals surface area contributed by atoms with Gasteiger partial charge in [0.2, 0.25) is 0 Å². The van der Waals surface area contributed by atoms with E-state index in [0.717, 1.165) is 38.0 Å². The summed E-state index contributed by atoms with van der Waals surface area (Å²) >= 11 is 0. The number of hydrogen-bond donors (Lipinski definition) is 0. The van der Waals surface area contributed by atoms with Gasteiger partial charge in [-0.1, -0.05) is 11.2 Å². The Bertz CT molecular complexity index is 648. The number of nitrogens with zero attached hydrogens (tertiary/aromatic N) is 3. The van der Waals surface area contributed by atoms with E-state index in [1.165, 1.54) is 5.56 Å². The van der Waals surface area contributed by atoms with Gasteiger partial charge < -0.3 is 9.42 Å². The van der Waals surface area contributed by atoms with Crippen LogP contribution in [-0.2, 0) is 6.42 Å². The first kappa shape index (κ1) is 14.8. The predicted octanol–water partition coefficient (Wildman–Crippen LogP) is 2.78. The van der Waals surface area contributed by atoms with E-state index in [1.54, 1.807) is 13.0 Å². The summed E-state index contributed by atoms with van der Waals surface area (Å²) in [6.07, 6.45) is 5.09. The molecule has 1 atom stereocenters. The molecule has 3 rings (SSSR count). The van der Waals surface area contributed by atoms with Gasteiger partial charge in [0.15, 0.2) is 5.69 Å². The van der Waals surface area contributed by atoms with E-state index in [2.05, 4.69) is 16.2 Å². The van der Waals surface area contributed by atoms with Crippen molar-refractivity contribution in [2.45, 2.75) is 33.1 Å². The van der Waals surface area contributed by atoms with Gasteiger partial charge in [-0.05, 0) is 50.7 Å². The van der Waals surface area contributed by atoms with Crippen molar-refractivity contribution in [3.8, 4) is 0 Å². The predicted molar refractivity (Wildman–Crippen MR) is 82.5 cm³/mol. The maximum atomic E-state index is 12.4. The van der Waals surface area contributed by atoms with Gasteiger partial charge in [-0.3, -0.25) is 9.78 Å². The number of hydrogen-bond acceptors (Lipinski definition) is 4. The fraction of sp³-hybridized carbons (Fsp3) is 0.471. The Hall–Kier alpha value is -2.17. The number of rotatable bonds is 3. The fourth-order valence-electron chi connectivity index (χ4n) is 3.00. The van der Waals surface area contributed by atoms with E-state index in [4.69, 9.17) is 4.52 Å². The first-order valence-electron chi connectivity index (χ1n) is 7.76. The van der Waals surface area contributed by atoms with Crippen LogP contribution in [0.4, 0.5) is 0 Å². The SMILES string of the molecule is Cc1ccc(CC2CCCN(C(=O)c3cc(C)on3)C2)cn1. The Morgan fingerprint density at radius 2 is 2.27 bits per heavy atom. The zero-order chi connectivity index (χ0) is 15.5. The fourth-order valence-corrected chi connectivity index (χ4v) is 3.00. The molecule has 2 aromatic heterocycles. The number of likely N-dealkylation sites (tertiary alicyclic amines) is 1. The summed E-state index contributed by atoms with van der Waals surface area (Å²) in [6.45, 7) is 5.36. The zero-order valence-corrected chi connectivity index (χ0v) is 13.1. The number of amides is 1. The molecule has 5 nitrogen and oxygen atoms in total. The topological polar surface area (TPSA) is 59.2 Å². The summed E-state index contributed by atoms with van der Waals surface area (Å²) < 4.78 is 5.00. The lowest BCUT2D eigenvalue weighted by Gasteiger charge is -2.32. The molecule has 116 valence electrons. The summed E-state index contributed by atoms with van der Waals surface area (Å²) in [4.78, 5) is 18.7. The van der Waals surface area contributed by atoms with Crippen LogP contribution in [0.3, 0.4) is 0 Å². The smallest absolute Gasteiger partial charge is 0.276 e. The lowest BCUT2D eigenvalue weighted by molar-refractivity contribution is 0.0663. The third-order valence-corrected chi connectivity index (χ3v) is 4.15. The Labute approximate surface area is 130 Å². The number of carbonyl (C=O) groups is 1. The molecule has 0 aliphatic carbocycles. The molecule has 1 aliphatic heterocycles. The quantitative estimate of drug-likeness (QED) is 0.874. The minimum absolute atomic E-state index is 0.0245. The van der Waals surface area contributed by atoms with Gasteiger partial charge >= 0.3 is 0 Å². The Morgan fingerprint density at radius 1 is 1.41 bits per heavy atom. The van der Waals surface area contributed by atoms with E-state index in [0.29, 0.717) is 17.4 Å². The van der Waals surface area contributed by atoms with Gasteiger partial charge in [0.25, 0.3) is 5.91 Å². The Balaban J connectivity index is 1.63. The van der Waals surface area contributed by atoms with Crippen molar-refractivity contribution in [2.24, 2.45) is 5.92 Å². The normalized spacial score (nSPS) is 18.5. The van der Waals surface area contributed by atoms with Gasteiger partial charge in [0.1, 0.15) is 5.76 Å². The molecule has 22 heavy (non-hydrogen) atoms. The highest BCUT2D eigenvalue weighted by atomic mass is 16.5. The third-order valence-electron chi connectivity index (χ3n) is 4.15. The van der Waals surface area contributed by atoms with Crippen molar-refractivity contribution in [3.05, 3.63) is 47.1 Å². The van der Waals surface area contributed by atoms with Gasteiger partial charge in [-0.2, -0.15) is 0 Å². The van der Waals surface area contributed by atoms with Crippen LogP contribution in [0.25, 0.3) is 0 Å². The highest BCUT2D eigenvalue weighted by Crippen LogP contribution is 2.22. The van der Waals surface area contributed by atoms with Crippen LogP contribution in [0.15, 0.2) is 28.9 Å². The van der Waals surface area contributed by atoms with Crippen LogP contribution < -0.4 is 0 Å². The maximum Gasteiger partial charge on any atom is 0.276 e. The van der Waals surface area contributed by atoms with E-state index in [1.807, 2.05) is 24.1 Å². The molecule has 1 saturated heterocycles. The second kappa shape index (κ2) is 6.30. The standard InChI is InChI=1S/C17H21N3O2/c1-12-5-6-14(10-18-12)9-15-4-3-7-20(11-15)17(21)16-8-13(2)22-19-16/h5-6,8,10,15H,3-4,7,9,11H2,1-2H3. The minimum Gasteiger partial charge on any atom is -0.361 e. The molecule has 0 spiro atoms. The van der Waals surface area contributed by atoms with E-state index in [9.17, 15) is 4.79 Å². The van der Waals surface area contributed by atoms with Crippen LogP contribution in [-0.4, -0.2) is 34.0 Å². The lowest BCUT2D eigenvalue weighted by Crippen LogP contribution is -2.40. The third kappa shape index (κ3) is 3.35. The molecule has 1 amide bonds. The summed E-state index contributed by atoms with van der Waals surface area (Å²) in [7, 11) is 0. The van der Waals surface area contributed by atoms with Crippen LogP contribution in [0, 0.1) is 19.8 Å². The first-order valence-corrected chi connectivity index (χ1v) is 7.76. The molecule has 1 aliphatic rings. The largest absolute Gasteiger partial charge is 0.361 e. The van der Waals surface area contributed by atoms with Gasteiger partial charge in [0, 0.05) is 31.0 Å². The van der Waals surface area contributed by atoms with E-state index < -0.39 is 0 Å². The highest BCUT2D eigenvalue weighted by molar-refractivity contribution is 5.92. The molecule has 1 fully saturated rings. The maximum absolute atomic E-state index is 12.4. The lowest BCUT2D eigenvalue weighted by atomic mass is 9.91. The van der Waals surface area contributed by atoms with Crippen molar-refractivity contribution in [1.29, 1.82) is 0 Å². The highest BCUT2D eigenvalue weighted by Gasteiger charge is 2.26. The van der Waals surface area contributed by atoms with Crippen LogP contribution in [0.5, 0.6) is 0 Å². The van der Waals surface area contributed by atoms with Gasteiger partial charge in [0.05, 0.1) is 0 Å². The molecule has 0 aromatic carbocycles. The van der Waals surface area contributed by atoms with E-state index in [-0.39, 0.29) is 5.91 Å². The number of carbonyl (C=O) groups excluding carboxylic acids is 1. The minimum atomic E-state index is -0.0245. The number of aryl methyl sites for hydroxylation is 2. The van der Waals surface area contributed by atoms with Crippen molar-refractivity contribution >= 4 is 5.91 Å². The summed E-state index contributed by atoms with van der Waals surface area (Å²) in [5.41, 5.74) is 2.68. The summed E-state index contributed by atoms with van der Waals surface area (Å²) in [5, 5.41) is 3.83. The number of pyridine rings is 1. The zero-order valence-electron chi connectivity index (χ0n) is 13.1. The van der Waals surface area contributed by atoms with Crippen LogP contribution in [0.1, 0.15) is 40.3 Å². The monoisotopic (exact) mass is 299 g/mol. The Kier molecular flexibility index (Phi) is 4.22. The number of piperidine rings is 1. The molecular formula is C17H21N3O2. The van der Waals surface area contributed by atoms with Gasteiger partial charge in [-0.25, -0.2) is 0 Å². The molecule has 5 heteroatoms. The molecule has 0 bridgehead atoms. The van der Waals surface area contributed by atoms with Crippen molar-refractivity contribution in [3.63, 3.8) is 0 Å². The molecule has 2 aromatic rings. The first-order chi connectivity index (χ1) is 10.6. The molecule has 3 heterocycles. The Morgan fingerprint density at radius 3 is 2.95 bits per heavy atom. The molecule has 0 saturated carbocycles. The summed E-state index contributed by atoms with van der Waals surface area (Å²) in [6, 6.07) is 5.87. The van der Waals surface area contributed by atoms with Crippen molar-refractivity contribution < 1.29 is 9.32 Å². The second-order valence-corrected chi connectivity index (χ2v) is 6.09. The molecular weight excluding hydrogens is 278 g/mol. The number of aromatic nitrogens is 2. The summed E-state index contributed by atoms with van der Waals surface area (Å²) in [5.74, 6) is 1.13.